The van der Waals surface area contributed by atoms with Gasteiger partial charge in [-0.25, -0.2) is 14.4 Å². The number of nitrogens with zero attached hydrogens (tertiary/aromatic N) is 6. The van der Waals surface area contributed by atoms with Crippen LogP contribution in [-0.4, -0.2) is 45.9 Å². The van der Waals surface area contributed by atoms with E-state index < -0.39 is 0 Å². The fourth-order valence-electron chi connectivity index (χ4n) is 3.36. The first kappa shape index (κ1) is 16.5. The molecule has 1 fully saturated rings. The molecule has 134 valence electrons. The number of benzene rings is 1. The molecule has 0 N–H and O–H groups in total. The predicted octanol–water partition coefficient (Wildman–Crippen LogP) is 2.65. The topological polar surface area (TPSA) is 50.1 Å². The van der Waals surface area contributed by atoms with Gasteiger partial charge in [-0.3, -0.25) is 4.68 Å². The maximum Gasteiger partial charge on any atom is 0.225 e. The van der Waals surface area contributed by atoms with Crippen LogP contribution in [0.3, 0.4) is 0 Å². The molecule has 0 radical (unpaired) electrons. The standard InChI is InChI=1S/C19H21FN6/c1-14-15(13-24(2)23-14)17-7-8-21-19(22-17)26-11-9-25(10-12-26)18-6-4-3-5-16(18)20/h3-8,13H,9-12H2,1-2H3. The van der Waals surface area contributed by atoms with E-state index in [1.54, 1.807) is 16.9 Å². The molecule has 1 aliphatic heterocycles. The zero-order chi connectivity index (χ0) is 18.1. The van der Waals surface area contributed by atoms with E-state index in [4.69, 9.17) is 4.98 Å². The van der Waals surface area contributed by atoms with Crippen molar-refractivity contribution >= 4 is 11.6 Å². The minimum atomic E-state index is -0.175. The second kappa shape index (κ2) is 6.74. The summed E-state index contributed by atoms with van der Waals surface area (Å²) in [6.45, 7) is 4.96. The van der Waals surface area contributed by atoms with Gasteiger partial charge in [0.25, 0.3) is 0 Å². The molecule has 0 unspecified atom stereocenters. The molecule has 4 rings (SSSR count). The van der Waals surface area contributed by atoms with E-state index in [0.29, 0.717) is 11.6 Å². The third kappa shape index (κ3) is 3.12. The summed E-state index contributed by atoms with van der Waals surface area (Å²) in [5.74, 6) is 0.533. The quantitative estimate of drug-likeness (QED) is 0.725. The number of aryl methyl sites for hydroxylation is 2. The third-order valence-electron chi connectivity index (χ3n) is 4.69. The van der Waals surface area contributed by atoms with Crippen molar-refractivity contribution in [3.63, 3.8) is 0 Å². The van der Waals surface area contributed by atoms with Gasteiger partial charge >= 0.3 is 0 Å². The van der Waals surface area contributed by atoms with E-state index in [1.807, 2.05) is 38.4 Å². The first-order chi connectivity index (χ1) is 12.6. The predicted molar refractivity (Wildman–Crippen MR) is 99.8 cm³/mol. The normalized spacial score (nSPS) is 14.7. The summed E-state index contributed by atoms with van der Waals surface area (Å²) in [5.41, 5.74) is 3.49. The molecule has 1 saturated heterocycles. The van der Waals surface area contributed by atoms with E-state index in [9.17, 15) is 4.39 Å². The van der Waals surface area contributed by atoms with E-state index in [0.717, 1.165) is 43.1 Å². The Kier molecular flexibility index (Phi) is 4.28. The fourth-order valence-corrected chi connectivity index (χ4v) is 3.36. The number of piperazine rings is 1. The van der Waals surface area contributed by atoms with Crippen molar-refractivity contribution in [1.82, 2.24) is 19.7 Å². The summed E-state index contributed by atoms with van der Waals surface area (Å²) in [6, 6.07) is 8.82. The van der Waals surface area contributed by atoms with Gasteiger partial charge in [0.2, 0.25) is 5.95 Å². The Bertz CT molecular complexity index is 914. The van der Waals surface area contributed by atoms with Crippen molar-refractivity contribution in [2.24, 2.45) is 7.05 Å². The first-order valence-electron chi connectivity index (χ1n) is 8.70. The molecule has 1 aliphatic rings. The number of hydrogen-bond acceptors (Lipinski definition) is 5. The Labute approximate surface area is 151 Å². The highest BCUT2D eigenvalue weighted by Gasteiger charge is 2.21. The minimum Gasteiger partial charge on any atom is -0.366 e. The van der Waals surface area contributed by atoms with Crippen LogP contribution in [0.15, 0.2) is 42.7 Å². The summed E-state index contributed by atoms with van der Waals surface area (Å²) in [6.07, 6.45) is 3.75. The number of rotatable bonds is 3. The lowest BCUT2D eigenvalue weighted by molar-refractivity contribution is 0.594. The highest BCUT2D eigenvalue weighted by atomic mass is 19.1. The van der Waals surface area contributed by atoms with Crippen molar-refractivity contribution in [3.8, 4) is 11.3 Å². The van der Waals surface area contributed by atoms with Gasteiger partial charge in [-0.05, 0) is 25.1 Å². The fraction of sp³-hybridized carbons (Fsp3) is 0.316. The molecule has 6 nitrogen and oxygen atoms in total. The molecular weight excluding hydrogens is 331 g/mol. The molecule has 2 aromatic heterocycles. The molecule has 26 heavy (non-hydrogen) atoms. The average Bonchev–Trinajstić information content (AvgIpc) is 3.01. The van der Waals surface area contributed by atoms with Crippen molar-refractivity contribution in [3.05, 3.63) is 54.2 Å². The maximum absolute atomic E-state index is 14.0. The van der Waals surface area contributed by atoms with E-state index in [2.05, 4.69) is 19.9 Å². The summed E-state index contributed by atoms with van der Waals surface area (Å²) >= 11 is 0. The monoisotopic (exact) mass is 352 g/mol. The Morgan fingerprint density at radius 3 is 2.42 bits per heavy atom. The number of anilines is 2. The Hall–Kier alpha value is -2.96. The molecular formula is C19H21FN6. The molecule has 0 spiro atoms. The van der Waals surface area contributed by atoms with Crippen molar-refractivity contribution in [2.45, 2.75) is 6.92 Å². The van der Waals surface area contributed by atoms with Gasteiger partial charge in [-0.15, -0.1) is 0 Å². The smallest absolute Gasteiger partial charge is 0.225 e. The van der Waals surface area contributed by atoms with Gasteiger partial charge in [-0.1, -0.05) is 12.1 Å². The number of halogens is 1. The lowest BCUT2D eigenvalue weighted by atomic mass is 10.2. The number of para-hydroxylation sites is 1. The lowest BCUT2D eigenvalue weighted by Gasteiger charge is -2.36. The van der Waals surface area contributed by atoms with Crippen LogP contribution in [0.2, 0.25) is 0 Å². The minimum absolute atomic E-state index is 0.175. The summed E-state index contributed by atoms with van der Waals surface area (Å²) in [7, 11) is 1.90. The zero-order valence-electron chi connectivity index (χ0n) is 14.9. The van der Waals surface area contributed by atoms with Crippen molar-refractivity contribution < 1.29 is 4.39 Å². The van der Waals surface area contributed by atoms with Gasteiger partial charge in [0.15, 0.2) is 0 Å². The average molecular weight is 352 g/mol. The SMILES string of the molecule is Cc1nn(C)cc1-c1ccnc(N2CCN(c3ccccc3F)CC2)n1. The third-order valence-corrected chi connectivity index (χ3v) is 4.69. The molecule has 0 amide bonds. The van der Waals surface area contributed by atoms with E-state index >= 15 is 0 Å². The molecule has 0 bridgehead atoms. The van der Waals surface area contributed by atoms with Crippen LogP contribution in [0.1, 0.15) is 5.69 Å². The van der Waals surface area contributed by atoms with E-state index in [-0.39, 0.29) is 5.82 Å². The van der Waals surface area contributed by atoms with Gasteiger partial charge in [0, 0.05) is 51.2 Å². The lowest BCUT2D eigenvalue weighted by Crippen LogP contribution is -2.47. The van der Waals surface area contributed by atoms with Crippen LogP contribution in [0.25, 0.3) is 11.3 Å². The van der Waals surface area contributed by atoms with Crippen molar-refractivity contribution in [1.29, 1.82) is 0 Å². The van der Waals surface area contributed by atoms with Gasteiger partial charge in [0.1, 0.15) is 5.82 Å². The molecule has 1 aromatic carbocycles. The van der Waals surface area contributed by atoms with Gasteiger partial charge < -0.3 is 9.80 Å². The summed E-state index contributed by atoms with van der Waals surface area (Å²) in [5, 5.41) is 4.38. The Morgan fingerprint density at radius 1 is 1.00 bits per heavy atom. The highest BCUT2D eigenvalue weighted by Crippen LogP contribution is 2.24. The van der Waals surface area contributed by atoms with Crippen LogP contribution in [0.4, 0.5) is 16.0 Å². The van der Waals surface area contributed by atoms with Crippen LogP contribution >= 0.6 is 0 Å². The second-order valence-corrected chi connectivity index (χ2v) is 6.47. The van der Waals surface area contributed by atoms with Gasteiger partial charge in [-0.2, -0.15) is 5.10 Å². The maximum atomic E-state index is 14.0. The molecule has 3 aromatic rings. The molecule has 3 heterocycles. The molecule has 0 aliphatic carbocycles. The van der Waals surface area contributed by atoms with E-state index in [1.165, 1.54) is 6.07 Å². The van der Waals surface area contributed by atoms with Crippen LogP contribution in [0, 0.1) is 12.7 Å². The zero-order valence-corrected chi connectivity index (χ0v) is 14.9. The van der Waals surface area contributed by atoms with Crippen LogP contribution in [0.5, 0.6) is 0 Å². The highest BCUT2D eigenvalue weighted by molar-refractivity contribution is 5.62. The second-order valence-electron chi connectivity index (χ2n) is 6.47. The first-order valence-corrected chi connectivity index (χ1v) is 8.70. The molecule has 0 saturated carbocycles. The Balaban J connectivity index is 1.51. The molecule has 0 atom stereocenters. The van der Waals surface area contributed by atoms with Crippen LogP contribution < -0.4 is 9.80 Å². The summed E-state index contributed by atoms with van der Waals surface area (Å²) < 4.78 is 15.8. The molecule has 7 heteroatoms. The van der Waals surface area contributed by atoms with Crippen molar-refractivity contribution in [2.75, 3.05) is 36.0 Å². The number of hydrogen-bond donors (Lipinski definition) is 0. The Morgan fingerprint density at radius 2 is 1.73 bits per heavy atom. The summed E-state index contributed by atoms with van der Waals surface area (Å²) in [4.78, 5) is 13.4. The largest absolute Gasteiger partial charge is 0.366 e. The van der Waals surface area contributed by atoms with Gasteiger partial charge in [0.05, 0.1) is 17.1 Å². The van der Waals surface area contributed by atoms with Crippen LogP contribution in [-0.2, 0) is 7.05 Å². The number of aromatic nitrogens is 4.